The minimum atomic E-state index is -0.156. The zero-order valence-electron chi connectivity index (χ0n) is 11.5. The van der Waals surface area contributed by atoms with Crippen LogP contribution < -0.4 is 0 Å². The first-order chi connectivity index (χ1) is 10.2. The molecule has 0 radical (unpaired) electrons. The Hall–Kier alpha value is -2.06. The molecule has 3 rings (SSSR count). The molecule has 0 saturated heterocycles. The van der Waals surface area contributed by atoms with Gasteiger partial charge in [0, 0.05) is 29.9 Å². The smallest absolute Gasteiger partial charge is 0.126 e. The van der Waals surface area contributed by atoms with Crippen LogP contribution in [0.2, 0.25) is 5.02 Å². The maximum absolute atomic E-state index is 13.8. The van der Waals surface area contributed by atoms with E-state index in [0.29, 0.717) is 12.0 Å². The second-order valence-corrected chi connectivity index (χ2v) is 5.46. The molecule has 1 heterocycles. The third-order valence-electron chi connectivity index (χ3n) is 3.52. The summed E-state index contributed by atoms with van der Waals surface area (Å²) in [5.74, 6) is -0.156. The minimum absolute atomic E-state index is 0.156. The summed E-state index contributed by atoms with van der Waals surface area (Å²) in [6, 6.07) is 18.7. The Kier molecular flexibility index (Phi) is 4.07. The van der Waals surface area contributed by atoms with E-state index in [1.54, 1.807) is 6.07 Å². The molecule has 0 spiro atoms. The van der Waals surface area contributed by atoms with E-state index in [4.69, 9.17) is 11.6 Å². The summed E-state index contributed by atoms with van der Waals surface area (Å²) in [6.07, 6.45) is 2.61. The SMILES string of the molecule is Fc1ccccc1Cc1cccn1Cc1ccc(Cl)cc1. The van der Waals surface area contributed by atoms with Crippen molar-refractivity contribution >= 4 is 11.6 Å². The minimum Gasteiger partial charge on any atom is -0.347 e. The van der Waals surface area contributed by atoms with Crippen LogP contribution in [0.3, 0.4) is 0 Å². The Labute approximate surface area is 128 Å². The van der Waals surface area contributed by atoms with Gasteiger partial charge in [0.05, 0.1) is 0 Å². The summed E-state index contributed by atoms with van der Waals surface area (Å²) in [5, 5.41) is 0.734. The van der Waals surface area contributed by atoms with Crippen LogP contribution in [0.4, 0.5) is 4.39 Å². The van der Waals surface area contributed by atoms with Crippen molar-refractivity contribution < 1.29 is 4.39 Å². The monoisotopic (exact) mass is 299 g/mol. The molecule has 1 nitrogen and oxygen atoms in total. The van der Waals surface area contributed by atoms with Crippen molar-refractivity contribution in [1.82, 2.24) is 4.57 Å². The first kappa shape index (κ1) is 13.9. The van der Waals surface area contributed by atoms with Crippen LogP contribution in [-0.4, -0.2) is 4.57 Å². The van der Waals surface area contributed by atoms with E-state index in [-0.39, 0.29) is 5.82 Å². The molecule has 3 aromatic rings. The molecule has 0 amide bonds. The van der Waals surface area contributed by atoms with Gasteiger partial charge in [0.25, 0.3) is 0 Å². The van der Waals surface area contributed by atoms with Gasteiger partial charge in [0.1, 0.15) is 5.82 Å². The number of benzene rings is 2. The highest BCUT2D eigenvalue weighted by Gasteiger charge is 2.06. The number of nitrogens with zero attached hydrogens (tertiary/aromatic N) is 1. The van der Waals surface area contributed by atoms with Gasteiger partial charge in [0.15, 0.2) is 0 Å². The fourth-order valence-corrected chi connectivity index (χ4v) is 2.51. The van der Waals surface area contributed by atoms with Crippen LogP contribution in [0, 0.1) is 5.82 Å². The third kappa shape index (κ3) is 3.34. The molecule has 2 aromatic carbocycles. The summed E-state index contributed by atoms with van der Waals surface area (Å²) in [7, 11) is 0. The Morgan fingerprint density at radius 2 is 1.67 bits per heavy atom. The van der Waals surface area contributed by atoms with Crippen LogP contribution >= 0.6 is 11.6 Å². The largest absolute Gasteiger partial charge is 0.347 e. The van der Waals surface area contributed by atoms with Gasteiger partial charge >= 0.3 is 0 Å². The van der Waals surface area contributed by atoms with Gasteiger partial charge in [-0.1, -0.05) is 41.9 Å². The molecule has 0 aliphatic carbocycles. The van der Waals surface area contributed by atoms with Crippen molar-refractivity contribution in [3.63, 3.8) is 0 Å². The molecular weight excluding hydrogens is 285 g/mol. The summed E-state index contributed by atoms with van der Waals surface area (Å²) < 4.78 is 15.9. The fraction of sp³-hybridized carbons (Fsp3) is 0.111. The lowest BCUT2D eigenvalue weighted by molar-refractivity contribution is 0.610. The predicted octanol–water partition coefficient (Wildman–Crippen LogP) is 4.92. The first-order valence-corrected chi connectivity index (χ1v) is 7.22. The quantitative estimate of drug-likeness (QED) is 0.644. The topological polar surface area (TPSA) is 4.93 Å². The molecular formula is C18H15ClFN. The van der Waals surface area contributed by atoms with E-state index < -0.39 is 0 Å². The average Bonchev–Trinajstić information content (AvgIpc) is 2.91. The molecule has 0 aliphatic heterocycles. The molecule has 0 fully saturated rings. The van der Waals surface area contributed by atoms with E-state index in [1.807, 2.05) is 54.7 Å². The highest BCUT2D eigenvalue weighted by Crippen LogP contribution is 2.16. The van der Waals surface area contributed by atoms with Crippen LogP contribution in [0.15, 0.2) is 66.9 Å². The maximum atomic E-state index is 13.8. The van der Waals surface area contributed by atoms with E-state index in [1.165, 1.54) is 11.6 Å². The summed E-state index contributed by atoms with van der Waals surface area (Å²) in [4.78, 5) is 0. The molecule has 21 heavy (non-hydrogen) atoms. The lowest BCUT2D eigenvalue weighted by atomic mass is 10.1. The molecule has 0 bridgehead atoms. The standard InChI is InChI=1S/C18H15ClFN/c19-16-9-7-14(8-10-16)13-21-11-3-5-17(21)12-15-4-1-2-6-18(15)20/h1-11H,12-13H2. The van der Waals surface area contributed by atoms with Crippen LogP contribution in [0.1, 0.15) is 16.8 Å². The summed E-state index contributed by atoms with van der Waals surface area (Å²) in [6.45, 7) is 0.758. The number of aromatic nitrogens is 1. The summed E-state index contributed by atoms with van der Waals surface area (Å²) in [5.41, 5.74) is 2.98. The number of hydrogen-bond acceptors (Lipinski definition) is 0. The Morgan fingerprint density at radius 3 is 2.43 bits per heavy atom. The van der Waals surface area contributed by atoms with Gasteiger partial charge < -0.3 is 4.57 Å². The molecule has 1 aromatic heterocycles. The van der Waals surface area contributed by atoms with E-state index in [9.17, 15) is 4.39 Å². The van der Waals surface area contributed by atoms with Gasteiger partial charge in [-0.25, -0.2) is 4.39 Å². The lowest BCUT2D eigenvalue weighted by Gasteiger charge is -2.10. The highest BCUT2D eigenvalue weighted by molar-refractivity contribution is 6.30. The number of halogens is 2. The fourth-order valence-electron chi connectivity index (χ4n) is 2.39. The van der Waals surface area contributed by atoms with Crippen molar-refractivity contribution in [2.75, 3.05) is 0 Å². The lowest BCUT2D eigenvalue weighted by Crippen LogP contribution is -2.04. The van der Waals surface area contributed by atoms with Gasteiger partial charge in [-0.3, -0.25) is 0 Å². The van der Waals surface area contributed by atoms with E-state index in [0.717, 1.165) is 17.3 Å². The third-order valence-corrected chi connectivity index (χ3v) is 3.77. The second kappa shape index (κ2) is 6.15. The van der Waals surface area contributed by atoms with Crippen molar-refractivity contribution in [2.24, 2.45) is 0 Å². The van der Waals surface area contributed by atoms with Gasteiger partial charge in [-0.05, 0) is 41.5 Å². The number of rotatable bonds is 4. The van der Waals surface area contributed by atoms with E-state index in [2.05, 4.69) is 4.57 Å². The van der Waals surface area contributed by atoms with Crippen molar-refractivity contribution in [1.29, 1.82) is 0 Å². The molecule has 0 unspecified atom stereocenters. The highest BCUT2D eigenvalue weighted by atomic mass is 35.5. The normalized spacial score (nSPS) is 10.8. The molecule has 0 saturated carbocycles. The Balaban J connectivity index is 1.81. The average molecular weight is 300 g/mol. The Morgan fingerprint density at radius 1 is 0.905 bits per heavy atom. The van der Waals surface area contributed by atoms with Gasteiger partial charge in [0.2, 0.25) is 0 Å². The molecule has 3 heteroatoms. The Bertz CT molecular complexity index is 731. The predicted molar refractivity (Wildman–Crippen MR) is 84.2 cm³/mol. The van der Waals surface area contributed by atoms with Gasteiger partial charge in [-0.15, -0.1) is 0 Å². The van der Waals surface area contributed by atoms with E-state index >= 15 is 0 Å². The number of hydrogen-bond donors (Lipinski definition) is 0. The van der Waals surface area contributed by atoms with Crippen molar-refractivity contribution in [3.8, 4) is 0 Å². The zero-order chi connectivity index (χ0) is 14.7. The van der Waals surface area contributed by atoms with Gasteiger partial charge in [-0.2, -0.15) is 0 Å². The molecule has 0 atom stereocenters. The zero-order valence-corrected chi connectivity index (χ0v) is 12.2. The van der Waals surface area contributed by atoms with Crippen molar-refractivity contribution in [2.45, 2.75) is 13.0 Å². The maximum Gasteiger partial charge on any atom is 0.126 e. The van der Waals surface area contributed by atoms with Crippen LogP contribution in [0.25, 0.3) is 0 Å². The molecule has 0 aliphatic rings. The van der Waals surface area contributed by atoms with Crippen LogP contribution in [-0.2, 0) is 13.0 Å². The second-order valence-electron chi connectivity index (χ2n) is 5.02. The molecule has 0 N–H and O–H groups in total. The first-order valence-electron chi connectivity index (χ1n) is 6.84. The molecule has 106 valence electrons. The van der Waals surface area contributed by atoms with Crippen LogP contribution in [0.5, 0.6) is 0 Å². The van der Waals surface area contributed by atoms with Crippen molar-refractivity contribution in [3.05, 3.63) is 94.5 Å². The summed E-state index contributed by atoms with van der Waals surface area (Å²) >= 11 is 5.90.